The standard InChI is InChI=1S/C19H26N2O/c1-4-11-21(12-5-2)18(22)19(10-9-17(19)14-20)16-8-6-7-15(3)13-16/h4-8,13,17H,1-2,9-12,14,20H2,3H3/t17-,19+/m0/s1. The van der Waals surface area contributed by atoms with Crippen LogP contribution in [0.25, 0.3) is 0 Å². The van der Waals surface area contributed by atoms with Crippen LogP contribution >= 0.6 is 0 Å². The van der Waals surface area contributed by atoms with E-state index in [4.69, 9.17) is 5.73 Å². The Morgan fingerprint density at radius 3 is 2.55 bits per heavy atom. The average molecular weight is 298 g/mol. The van der Waals surface area contributed by atoms with Gasteiger partial charge in [0.2, 0.25) is 5.91 Å². The third-order valence-electron chi connectivity index (χ3n) is 4.77. The summed E-state index contributed by atoms with van der Waals surface area (Å²) in [7, 11) is 0. The Balaban J connectivity index is 2.43. The molecule has 0 heterocycles. The largest absolute Gasteiger partial charge is 0.334 e. The Bertz CT molecular complexity index is 554. The molecule has 1 aliphatic rings. The van der Waals surface area contributed by atoms with Crippen LogP contribution in [0.1, 0.15) is 24.0 Å². The summed E-state index contributed by atoms with van der Waals surface area (Å²) in [5.41, 5.74) is 7.75. The van der Waals surface area contributed by atoms with Gasteiger partial charge in [-0.15, -0.1) is 13.2 Å². The fourth-order valence-corrected chi connectivity index (χ4v) is 3.50. The van der Waals surface area contributed by atoms with Crippen LogP contribution in [0.15, 0.2) is 49.6 Å². The molecule has 1 aromatic carbocycles. The van der Waals surface area contributed by atoms with Crippen LogP contribution in [-0.2, 0) is 10.2 Å². The van der Waals surface area contributed by atoms with E-state index in [-0.39, 0.29) is 11.8 Å². The van der Waals surface area contributed by atoms with Crippen molar-refractivity contribution in [3.8, 4) is 0 Å². The van der Waals surface area contributed by atoms with E-state index in [1.165, 1.54) is 5.56 Å². The molecule has 1 aliphatic carbocycles. The van der Waals surface area contributed by atoms with E-state index in [9.17, 15) is 4.79 Å². The fourth-order valence-electron chi connectivity index (χ4n) is 3.50. The number of amides is 1. The van der Waals surface area contributed by atoms with E-state index < -0.39 is 5.41 Å². The lowest BCUT2D eigenvalue weighted by Crippen LogP contribution is -2.58. The smallest absolute Gasteiger partial charge is 0.234 e. The SMILES string of the molecule is C=CCN(CC=C)C(=O)[C@@]1(c2cccc(C)c2)CC[C@H]1CN. The molecule has 1 fully saturated rings. The van der Waals surface area contributed by atoms with Gasteiger partial charge in [0.15, 0.2) is 0 Å². The lowest BCUT2D eigenvalue weighted by atomic mass is 9.55. The molecule has 1 amide bonds. The van der Waals surface area contributed by atoms with Gasteiger partial charge in [0.1, 0.15) is 0 Å². The van der Waals surface area contributed by atoms with Crippen LogP contribution in [0, 0.1) is 12.8 Å². The Labute approximate surface area is 133 Å². The third kappa shape index (κ3) is 2.73. The Kier molecular flexibility index (Phi) is 5.19. The molecule has 2 rings (SSSR count). The molecule has 118 valence electrons. The first-order valence-corrected chi connectivity index (χ1v) is 7.88. The van der Waals surface area contributed by atoms with Crippen molar-refractivity contribution in [2.45, 2.75) is 25.2 Å². The summed E-state index contributed by atoms with van der Waals surface area (Å²) in [5.74, 6) is 0.360. The lowest BCUT2D eigenvalue weighted by molar-refractivity contribution is -0.143. The van der Waals surface area contributed by atoms with E-state index in [0.29, 0.717) is 19.6 Å². The topological polar surface area (TPSA) is 46.3 Å². The second-order valence-corrected chi connectivity index (χ2v) is 6.10. The minimum absolute atomic E-state index is 0.152. The maximum Gasteiger partial charge on any atom is 0.234 e. The first kappa shape index (κ1) is 16.5. The van der Waals surface area contributed by atoms with Crippen molar-refractivity contribution in [2.75, 3.05) is 19.6 Å². The molecule has 0 unspecified atom stereocenters. The van der Waals surface area contributed by atoms with Crippen molar-refractivity contribution in [1.29, 1.82) is 0 Å². The Morgan fingerprint density at radius 1 is 1.41 bits per heavy atom. The average Bonchev–Trinajstić information content (AvgIpc) is 2.47. The van der Waals surface area contributed by atoms with Crippen LogP contribution in [0.3, 0.4) is 0 Å². The van der Waals surface area contributed by atoms with Crippen LogP contribution in [-0.4, -0.2) is 30.4 Å². The summed E-state index contributed by atoms with van der Waals surface area (Å²) in [6.07, 6.45) is 5.40. The summed E-state index contributed by atoms with van der Waals surface area (Å²) in [5, 5.41) is 0. The molecule has 0 aliphatic heterocycles. The molecular weight excluding hydrogens is 272 g/mol. The lowest BCUT2D eigenvalue weighted by Gasteiger charge is -2.50. The third-order valence-corrected chi connectivity index (χ3v) is 4.77. The molecular formula is C19H26N2O. The van der Waals surface area contributed by atoms with E-state index in [1.807, 2.05) is 11.0 Å². The molecule has 3 nitrogen and oxygen atoms in total. The highest BCUT2D eigenvalue weighted by Crippen LogP contribution is 2.49. The summed E-state index contributed by atoms with van der Waals surface area (Å²) >= 11 is 0. The van der Waals surface area contributed by atoms with Crippen LogP contribution < -0.4 is 5.73 Å². The quantitative estimate of drug-likeness (QED) is 0.787. The number of carbonyl (C=O) groups excluding carboxylic acids is 1. The van der Waals surface area contributed by atoms with E-state index in [1.54, 1.807) is 12.2 Å². The maximum atomic E-state index is 13.3. The highest BCUT2D eigenvalue weighted by atomic mass is 16.2. The molecule has 0 bridgehead atoms. The van der Waals surface area contributed by atoms with Crippen molar-refractivity contribution in [3.63, 3.8) is 0 Å². The number of carbonyl (C=O) groups is 1. The van der Waals surface area contributed by atoms with Gasteiger partial charge in [-0.1, -0.05) is 42.0 Å². The summed E-state index contributed by atoms with van der Waals surface area (Å²) in [6.45, 7) is 11.2. The van der Waals surface area contributed by atoms with Crippen molar-refractivity contribution >= 4 is 5.91 Å². The molecule has 22 heavy (non-hydrogen) atoms. The molecule has 3 heteroatoms. The molecule has 1 saturated carbocycles. The summed E-state index contributed by atoms with van der Waals surface area (Å²) in [4.78, 5) is 15.1. The van der Waals surface area contributed by atoms with Crippen molar-refractivity contribution in [3.05, 3.63) is 60.7 Å². The number of hydrogen-bond donors (Lipinski definition) is 1. The molecule has 2 N–H and O–H groups in total. The molecule has 0 aromatic heterocycles. The van der Waals surface area contributed by atoms with Crippen molar-refractivity contribution in [2.24, 2.45) is 11.7 Å². The zero-order valence-corrected chi connectivity index (χ0v) is 13.4. The molecule has 1 aromatic rings. The van der Waals surface area contributed by atoms with Gasteiger partial charge < -0.3 is 10.6 Å². The monoisotopic (exact) mass is 298 g/mol. The minimum Gasteiger partial charge on any atom is -0.334 e. The van der Waals surface area contributed by atoms with Crippen molar-refractivity contribution < 1.29 is 4.79 Å². The van der Waals surface area contributed by atoms with Gasteiger partial charge in [-0.3, -0.25) is 4.79 Å². The van der Waals surface area contributed by atoms with E-state index >= 15 is 0 Å². The highest BCUT2D eigenvalue weighted by Gasteiger charge is 2.54. The zero-order chi connectivity index (χ0) is 16.2. The van der Waals surface area contributed by atoms with Gasteiger partial charge in [-0.05, 0) is 37.8 Å². The van der Waals surface area contributed by atoms with Gasteiger partial charge in [-0.2, -0.15) is 0 Å². The van der Waals surface area contributed by atoms with Gasteiger partial charge in [0, 0.05) is 13.1 Å². The van der Waals surface area contributed by atoms with Gasteiger partial charge in [-0.25, -0.2) is 0 Å². The zero-order valence-electron chi connectivity index (χ0n) is 13.4. The first-order valence-electron chi connectivity index (χ1n) is 7.88. The van der Waals surface area contributed by atoms with Gasteiger partial charge in [0.05, 0.1) is 5.41 Å². The minimum atomic E-state index is -0.479. The first-order chi connectivity index (χ1) is 10.6. The number of benzene rings is 1. The number of nitrogens with zero attached hydrogens (tertiary/aromatic N) is 1. The fraction of sp³-hybridized carbons (Fsp3) is 0.421. The Morgan fingerprint density at radius 2 is 2.09 bits per heavy atom. The maximum absolute atomic E-state index is 13.3. The van der Waals surface area contributed by atoms with Crippen LogP contribution in [0.5, 0.6) is 0 Å². The van der Waals surface area contributed by atoms with Crippen molar-refractivity contribution in [1.82, 2.24) is 4.90 Å². The molecule has 0 spiro atoms. The summed E-state index contributed by atoms with van der Waals surface area (Å²) in [6, 6.07) is 8.27. The molecule has 0 radical (unpaired) electrons. The molecule has 0 saturated heterocycles. The highest BCUT2D eigenvalue weighted by molar-refractivity contribution is 5.90. The van der Waals surface area contributed by atoms with E-state index in [2.05, 4.69) is 38.3 Å². The summed E-state index contributed by atoms with van der Waals surface area (Å²) < 4.78 is 0. The normalized spacial score (nSPS) is 23.5. The predicted octanol–water partition coefficient (Wildman–Crippen LogP) is 2.80. The number of rotatable bonds is 7. The van der Waals surface area contributed by atoms with Gasteiger partial charge >= 0.3 is 0 Å². The van der Waals surface area contributed by atoms with Gasteiger partial charge in [0.25, 0.3) is 0 Å². The predicted molar refractivity (Wildman–Crippen MR) is 91.6 cm³/mol. The second-order valence-electron chi connectivity index (χ2n) is 6.10. The van der Waals surface area contributed by atoms with E-state index in [0.717, 1.165) is 18.4 Å². The number of hydrogen-bond acceptors (Lipinski definition) is 2. The second kappa shape index (κ2) is 6.93. The number of nitrogens with two attached hydrogens (primary N) is 1. The van der Waals surface area contributed by atoms with Crippen LogP contribution in [0.2, 0.25) is 0 Å². The van der Waals surface area contributed by atoms with Crippen LogP contribution in [0.4, 0.5) is 0 Å². The Hall–Kier alpha value is -1.87. The molecule has 2 atom stereocenters. The number of aryl methyl sites for hydroxylation is 1.